The number of nitrogens with zero attached hydrogens (tertiary/aromatic N) is 2. The zero-order valence-electron chi connectivity index (χ0n) is 19.6. The minimum Gasteiger partial charge on any atom is -0.491 e. The summed E-state index contributed by atoms with van der Waals surface area (Å²) in [6.07, 6.45) is 0.610. The molecule has 0 amide bonds. The molecule has 4 rings (SSSR count). The van der Waals surface area contributed by atoms with Crippen molar-refractivity contribution in [1.82, 2.24) is 4.90 Å². The summed E-state index contributed by atoms with van der Waals surface area (Å²) >= 11 is 6.13. The van der Waals surface area contributed by atoms with Gasteiger partial charge in [0.1, 0.15) is 18.5 Å². The van der Waals surface area contributed by atoms with Crippen LogP contribution in [0.3, 0.4) is 0 Å². The number of ether oxygens (including phenoxy) is 3. The molecule has 2 heterocycles. The molecule has 2 aliphatic rings. The van der Waals surface area contributed by atoms with E-state index in [-0.39, 0.29) is 6.10 Å². The number of anilines is 1. The molecular weight excluding hydrogens is 424 g/mol. The minimum atomic E-state index is -0.731. The van der Waals surface area contributed by atoms with Gasteiger partial charge in [0.2, 0.25) is 0 Å². The van der Waals surface area contributed by atoms with Gasteiger partial charge in [0.05, 0.1) is 6.61 Å². The molecule has 2 fully saturated rings. The molecule has 0 spiro atoms. The van der Waals surface area contributed by atoms with E-state index in [1.807, 2.05) is 25.1 Å². The van der Waals surface area contributed by atoms with Crippen molar-refractivity contribution in [3.8, 4) is 5.75 Å². The molecule has 2 atom stereocenters. The van der Waals surface area contributed by atoms with Gasteiger partial charge in [-0.2, -0.15) is 0 Å². The van der Waals surface area contributed by atoms with E-state index in [4.69, 9.17) is 25.8 Å². The Labute approximate surface area is 197 Å². The number of benzene rings is 2. The van der Waals surface area contributed by atoms with Crippen molar-refractivity contribution < 1.29 is 14.2 Å². The maximum absolute atomic E-state index is 6.37. The minimum absolute atomic E-state index is 0.117. The fourth-order valence-corrected chi connectivity index (χ4v) is 4.88. The lowest BCUT2D eigenvalue weighted by Gasteiger charge is -2.38. The smallest absolute Gasteiger partial charge is 0.195 e. The zero-order chi connectivity index (χ0) is 22.7. The van der Waals surface area contributed by atoms with Crippen LogP contribution < -0.4 is 9.64 Å². The molecule has 0 radical (unpaired) electrons. The number of piperazine rings is 1. The second-order valence-electron chi connectivity index (χ2n) is 9.04. The van der Waals surface area contributed by atoms with Gasteiger partial charge in [-0.1, -0.05) is 24.6 Å². The normalized spacial score (nSPS) is 24.3. The van der Waals surface area contributed by atoms with Gasteiger partial charge < -0.3 is 19.1 Å². The summed E-state index contributed by atoms with van der Waals surface area (Å²) < 4.78 is 18.6. The van der Waals surface area contributed by atoms with Crippen molar-refractivity contribution in [2.45, 2.75) is 52.0 Å². The van der Waals surface area contributed by atoms with Crippen LogP contribution in [0.4, 0.5) is 5.69 Å². The van der Waals surface area contributed by atoms with Crippen LogP contribution in [0.25, 0.3) is 0 Å². The molecule has 2 aromatic carbocycles. The Bertz CT molecular complexity index is 896. The molecule has 2 saturated heterocycles. The van der Waals surface area contributed by atoms with Crippen LogP contribution in [-0.2, 0) is 15.3 Å². The third-order valence-electron chi connectivity index (χ3n) is 6.61. The summed E-state index contributed by atoms with van der Waals surface area (Å²) in [7, 11) is 0. The van der Waals surface area contributed by atoms with E-state index in [0.717, 1.165) is 54.5 Å². The maximum atomic E-state index is 6.37. The van der Waals surface area contributed by atoms with Gasteiger partial charge in [0.25, 0.3) is 0 Å². The number of hydrogen-bond acceptors (Lipinski definition) is 5. The van der Waals surface area contributed by atoms with Crippen molar-refractivity contribution in [2.75, 3.05) is 44.3 Å². The first-order valence-electron chi connectivity index (χ1n) is 11.7. The van der Waals surface area contributed by atoms with Crippen molar-refractivity contribution in [3.63, 3.8) is 0 Å². The standard InChI is InChI=1S/C26H35ClN2O3/c1-5-26(25-11-6-21(27)16-20(25)4)31-18-24(32-26)17-30-23-9-7-22(8-10-23)29-14-12-28(13-15-29)19(2)3/h6-11,16,19,24H,5,12-15,17-18H2,1-4H3/t24?,26-/m0/s1. The Balaban J connectivity index is 1.31. The average molecular weight is 459 g/mol. The van der Waals surface area contributed by atoms with Crippen LogP contribution in [-0.4, -0.2) is 56.4 Å². The molecular formula is C26H35ClN2O3. The second-order valence-corrected chi connectivity index (χ2v) is 9.47. The molecule has 2 aromatic rings. The lowest BCUT2D eigenvalue weighted by molar-refractivity contribution is -0.181. The predicted octanol–water partition coefficient (Wildman–Crippen LogP) is 5.24. The van der Waals surface area contributed by atoms with Gasteiger partial charge >= 0.3 is 0 Å². The van der Waals surface area contributed by atoms with E-state index in [2.05, 4.69) is 54.8 Å². The quantitative estimate of drug-likeness (QED) is 0.567. The summed E-state index contributed by atoms with van der Waals surface area (Å²) in [4.78, 5) is 4.97. The number of halogens is 1. The fourth-order valence-electron chi connectivity index (χ4n) is 4.66. The van der Waals surface area contributed by atoms with Gasteiger partial charge in [-0.3, -0.25) is 4.90 Å². The molecule has 6 heteroatoms. The van der Waals surface area contributed by atoms with E-state index >= 15 is 0 Å². The van der Waals surface area contributed by atoms with Crippen LogP contribution in [0.15, 0.2) is 42.5 Å². The molecule has 5 nitrogen and oxygen atoms in total. The third kappa shape index (κ3) is 5.07. The molecule has 174 valence electrons. The molecule has 32 heavy (non-hydrogen) atoms. The van der Waals surface area contributed by atoms with E-state index < -0.39 is 5.79 Å². The first kappa shape index (κ1) is 23.4. The summed E-state index contributed by atoms with van der Waals surface area (Å²) in [5, 5.41) is 0.723. The number of rotatable bonds is 7. The van der Waals surface area contributed by atoms with Crippen LogP contribution in [0.2, 0.25) is 5.02 Å². The van der Waals surface area contributed by atoms with Gasteiger partial charge in [0, 0.05) is 54.9 Å². The Morgan fingerprint density at radius 2 is 1.81 bits per heavy atom. The average Bonchev–Trinajstić information content (AvgIpc) is 3.22. The highest BCUT2D eigenvalue weighted by Gasteiger charge is 2.42. The largest absolute Gasteiger partial charge is 0.491 e. The highest BCUT2D eigenvalue weighted by molar-refractivity contribution is 6.30. The lowest BCUT2D eigenvalue weighted by Crippen LogP contribution is -2.48. The Hall–Kier alpha value is -1.79. The second kappa shape index (κ2) is 10.0. The highest BCUT2D eigenvalue weighted by Crippen LogP contribution is 2.39. The first-order valence-corrected chi connectivity index (χ1v) is 12.1. The van der Waals surface area contributed by atoms with Gasteiger partial charge in [-0.15, -0.1) is 0 Å². The molecule has 0 N–H and O–H groups in total. The Kier molecular flexibility index (Phi) is 7.30. The van der Waals surface area contributed by atoms with Gasteiger partial charge in [-0.05, 0) is 62.7 Å². The van der Waals surface area contributed by atoms with Crippen molar-refractivity contribution in [2.24, 2.45) is 0 Å². The monoisotopic (exact) mass is 458 g/mol. The summed E-state index contributed by atoms with van der Waals surface area (Å²) in [5.41, 5.74) is 3.36. The van der Waals surface area contributed by atoms with Crippen molar-refractivity contribution in [1.29, 1.82) is 0 Å². The van der Waals surface area contributed by atoms with E-state index in [1.165, 1.54) is 5.69 Å². The van der Waals surface area contributed by atoms with Crippen molar-refractivity contribution in [3.05, 3.63) is 58.6 Å². The number of hydrogen-bond donors (Lipinski definition) is 0. The molecule has 0 bridgehead atoms. The van der Waals surface area contributed by atoms with Gasteiger partial charge in [0.15, 0.2) is 5.79 Å². The van der Waals surface area contributed by atoms with E-state index in [0.29, 0.717) is 19.3 Å². The lowest BCUT2D eigenvalue weighted by atomic mass is 9.98. The van der Waals surface area contributed by atoms with E-state index in [1.54, 1.807) is 0 Å². The molecule has 1 unspecified atom stereocenters. The summed E-state index contributed by atoms with van der Waals surface area (Å²) in [5.74, 6) is 0.125. The fraction of sp³-hybridized carbons (Fsp3) is 0.538. The molecule has 2 aliphatic heterocycles. The third-order valence-corrected chi connectivity index (χ3v) is 6.84. The van der Waals surface area contributed by atoms with Crippen LogP contribution in [0.5, 0.6) is 5.75 Å². The summed E-state index contributed by atoms with van der Waals surface area (Å²) in [6, 6.07) is 14.9. The Morgan fingerprint density at radius 1 is 1.09 bits per heavy atom. The first-order chi connectivity index (χ1) is 15.4. The van der Waals surface area contributed by atoms with Crippen LogP contribution in [0, 0.1) is 6.92 Å². The summed E-state index contributed by atoms with van der Waals surface area (Å²) in [6.45, 7) is 14.0. The number of aryl methyl sites for hydroxylation is 1. The van der Waals surface area contributed by atoms with Crippen LogP contribution >= 0.6 is 11.6 Å². The SMILES string of the molecule is CC[C@]1(c2ccc(Cl)cc2C)OCC(COc2ccc(N3CCN(C(C)C)CC3)cc2)O1. The predicted molar refractivity (Wildman–Crippen MR) is 130 cm³/mol. The molecule has 0 aromatic heterocycles. The molecule has 0 aliphatic carbocycles. The topological polar surface area (TPSA) is 34.2 Å². The Morgan fingerprint density at radius 3 is 2.44 bits per heavy atom. The highest BCUT2D eigenvalue weighted by atomic mass is 35.5. The van der Waals surface area contributed by atoms with Crippen molar-refractivity contribution >= 4 is 17.3 Å². The van der Waals surface area contributed by atoms with Crippen LogP contribution in [0.1, 0.15) is 38.3 Å². The maximum Gasteiger partial charge on any atom is 0.195 e. The van der Waals surface area contributed by atoms with Gasteiger partial charge in [-0.25, -0.2) is 0 Å². The zero-order valence-corrected chi connectivity index (χ0v) is 20.4. The van der Waals surface area contributed by atoms with E-state index in [9.17, 15) is 0 Å². The molecule has 0 saturated carbocycles.